The number of rotatable bonds is 6. The fraction of sp³-hybridized carbons (Fsp3) is 0.240. The fourth-order valence-corrected chi connectivity index (χ4v) is 5.96. The normalized spacial score (nSPS) is 15.9. The summed E-state index contributed by atoms with van der Waals surface area (Å²) in [7, 11) is -2.97. The molecule has 0 spiro atoms. The van der Waals surface area contributed by atoms with Crippen LogP contribution in [0.15, 0.2) is 67.3 Å². The van der Waals surface area contributed by atoms with Crippen LogP contribution in [-0.4, -0.2) is 50.4 Å². The average molecular weight is 507 g/mol. The Hall–Kier alpha value is -3.99. The van der Waals surface area contributed by atoms with Gasteiger partial charge in [0.05, 0.1) is 29.8 Å². The first kappa shape index (κ1) is 22.5. The predicted molar refractivity (Wildman–Crippen MR) is 134 cm³/mol. The van der Waals surface area contributed by atoms with Gasteiger partial charge in [0.25, 0.3) is 0 Å². The molecule has 0 aliphatic carbocycles. The van der Waals surface area contributed by atoms with Gasteiger partial charge in [0.1, 0.15) is 23.8 Å². The number of fused-ring (bicyclic) bond motifs is 2. The lowest BCUT2D eigenvalue weighted by molar-refractivity contribution is 0.192. The van der Waals surface area contributed by atoms with Gasteiger partial charge in [-0.15, -0.1) is 0 Å². The summed E-state index contributed by atoms with van der Waals surface area (Å²) in [4.78, 5) is 4.43. The minimum Gasteiger partial charge on any atom is -0.488 e. The Bertz CT molecular complexity index is 1670. The molecular formula is C25H23FN6O3S. The summed E-state index contributed by atoms with van der Waals surface area (Å²) in [5, 5.41) is 13.0. The number of sulfone groups is 1. The first-order valence-corrected chi connectivity index (χ1v) is 13.4. The molecule has 184 valence electrons. The number of anilines is 2. The van der Waals surface area contributed by atoms with E-state index in [1.807, 2.05) is 35.0 Å². The summed E-state index contributed by atoms with van der Waals surface area (Å²) in [5.41, 5.74) is 3.25. The van der Waals surface area contributed by atoms with Crippen molar-refractivity contribution in [2.24, 2.45) is 0 Å². The van der Waals surface area contributed by atoms with Gasteiger partial charge in [-0.05, 0) is 48.7 Å². The summed E-state index contributed by atoms with van der Waals surface area (Å²) in [6, 6.07) is 14.2. The van der Waals surface area contributed by atoms with Gasteiger partial charge >= 0.3 is 0 Å². The van der Waals surface area contributed by atoms with Crippen molar-refractivity contribution in [1.29, 1.82) is 0 Å². The maximum absolute atomic E-state index is 13.6. The molecule has 0 amide bonds. The quantitative estimate of drug-likeness (QED) is 0.372. The average Bonchev–Trinajstić information content (AvgIpc) is 3.45. The van der Waals surface area contributed by atoms with Crippen LogP contribution in [0.1, 0.15) is 18.4 Å². The zero-order chi connectivity index (χ0) is 24.7. The fourth-order valence-electron chi connectivity index (χ4n) is 4.51. The van der Waals surface area contributed by atoms with Crippen molar-refractivity contribution in [3.05, 3.63) is 78.6 Å². The smallest absolute Gasteiger partial charge is 0.162 e. The zero-order valence-electron chi connectivity index (χ0n) is 19.2. The van der Waals surface area contributed by atoms with Crippen LogP contribution in [0, 0.1) is 5.82 Å². The minimum atomic E-state index is -2.97. The lowest BCUT2D eigenvalue weighted by Crippen LogP contribution is -2.30. The van der Waals surface area contributed by atoms with Gasteiger partial charge in [0.2, 0.25) is 0 Å². The van der Waals surface area contributed by atoms with Crippen molar-refractivity contribution in [2.75, 3.05) is 16.8 Å². The molecule has 0 radical (unpaired) electrons. The number of nitrogens with one attached hydrogen (secondary N) is 1. The van der Waals surface area contributed by atoms with E-state index in [1.165, 1.54) is 18.5 Å². The maximum Gasteiger partial charge on any atom is 0.162 e. The highest BCUT2D eigenvalue weighted by Gasteiger charge is 2.26. The van der Waals surface area contributed by atoms with Crippen LogP contribution in [0.25, 0.3) is 16.4 Å². The van der Waals surface area contributed by atoms with Gasteiger partial charge < -0.3 is 10.1 Å². The second kappa shape index (κ2) is 8.90. The second-order valence-electron chi connectivity index (χ2n) is 8.88. The molecule has 0 unspecified atom stereocenters. The Morgan fingerprint density at radius 3 is 2.78 bits per heavy atom. The Morgan fingerprint density at radius 2 is 1.94 bits per heavy atom. The number of hydrogen-bond donors (Lipinski definition) is 1. The van der Waals surface area contributed by atoms with Crippen LogP contribution in [0.3, 0.4) is 0 Å². The standard InChI is InChI=1S/C25H23FN6O3S/c26-19-3-1-2-17(12-19)15-32-22-5-4-20(13-18(22)14-28-32)30-25-24-23(6-9-31(24)29-16-27-25)35-21-7-10-36(33,34)11-8-21/h1-6,9,12-14,16,21H,7-8,10-11,15H2,(H,27,29,30). The molecule has 4 heterocycles. The van der Waals surface area contributed by atoms with Crippen molar-refractivity contribution in [3.8, 4) is 5.75 Å². The molecule has 1 N–H and O–H groups in total. The molecule has 1 aliphatic rings. The van der Waals surface area contributed by atoms with Crippen molar-refractivity contribution in [1.82, 2.24) is 24.4 Å². The third kappa shape index (κ3) is 4.49. The Balaban J connectivity index is 1.25. The Labute approximate surface area is 206 Å². The monoisotopic (exact) mass is 506 g/mol. The molecule has 11 heteroatoms. The van der Waals surface area contributed by atoms with E-state index in [9.17, 15) is 12.8 Å². The molecule has 36 heavy (non-hydrogen) atoms. The second-order valence-corrected chi connectivity index (χ2v) is 11.2. The predicted octanol–water partition coefficient (Wildman–Crippen LogP) is 3.97. The molecule has 2 aromatic carbocycles. The molecule has 1 fully saturated rings. The summed E-state index contributed by atoms with van der Waals surface area (Å²) in [6.45, 7) is 0.466. The van der Waals surface area contributed by atoms with Gasteiger partial charge in [-0.2, -0.15) is 10.2 Å². The summed E-state index contributed by atoms with van der Waals surface area (Å²) in [6.07, 6.45) is 5.78. The van der Waals surface area contributed by atoms with Crippen molar-refractivity contribution in [3.63, 3.8) is 0 Å². The lowest BCUT2D eigenvalue weighted by Gasteiger charge is -2.23. The lowest BCUT2D eigenvalue weighted by atomic mass is 10.2. The highest BCUT2D eigenvalue weighted by atomic mass is 32.2. The highest BCUT2D eigenvalue weighted by molar-refractivity contribution is 7.91. The molecule has 0 saturated carbocycles. The maximum atomic E-state index is 13.6. The summed E-state index contributed by atoms with van der Waals surface area (Å²) >= 11 is 0. The number of nitrogens with zero attached hydrogens (tertiary/aromatic N) is 5. The minimum absolute atomic E-state index is 0.137. The molecule has 6 rings (SSSR count). The van der Waals surface area contributed by atoms with Gasteiger partial charge in [0.15, 0.2) is 21.4 Å². The molecule has 1 saturated heterocycles. The van der Waals surface area contributed by atoms with Crippen LogP contribution in [0.2, 0.25) is 0 Å². The van der Waals surface area contributed by atoms with E-state index in [-0.39, 0.29) is 23.4 Å². The number of aromatic nitrogens is 5. The van der Waals surface area contributed by atoms with E-state index < -0.39 is 9.84 Å². The molecule has 0 atom stereocenters. The van der Waals surface area contributed by atoms with Crippen LogP contribution in [0.5, 0.6) is 5.75 Å². The van der Waals surface area contributed by atoms with E-state index in [0.717, 1.165) is 22.2 Å². The molecule has 9 nitrogen and oxygen atoms in total. The van der Waals surface area contributed by atoms with E-state index in [4.69, 9.17) is 4.74 Å². The van der Waals surface area contributed by atoms with Crippen LogP contribution >= 0.6 is 0 Å². The van der Waals surface area contributed by atoms with Crippen molar-refractivity contribution >= 4 is 37.8 Å². The van der Waals surface area contributed by atoms with Crippen molar-refractivity contribution in [2.45, 2.75) is 25.5 Å². The Kier molecular flexibility index (Phi) is 5.56. The highest BCUT2D eigenvalue weighted by Crippen LogP contribution is 2.31. The van der Waals surface area contributed by atoms with E-state index >= 15 is 0 Å². The number of hydrogen-bond acceptors (Lipinski definition) is 7. The first-order chi connectivity index (χ1) is 17.4. The molecule has 3 aromatic heterocycles. The van der Waals surface area contributed by atoms with Gasteiger partial charge in [-0.25, -0.2) is 22.3 Å². The molecule has 5 aromatic rings. The van der Waals surface area contributed by atoms with Gasteiger partial charge in [-0.3, -0.25) is 4.68 Å². The van der Waals surface area contributed by atoms with Gasteiger partial charge in [0, 0.05) is 23.3 Å². The molecule has 0 bridgehead atoms. The number of ether oxygens (including phenoxy) is 1. The summed E-state index contributed by atoms with van der Waals surface area (Å²) in [5.74, 6) is 1.18. The number of halogens is 1. The summed E-state index contributed by atoms with van der Waals surface area (Å²) < 4.78 is 46.8. The van der Waals surface area contributed by atoms with E-state index in [1.54, 1.807) is 23.0 Å². The SMILES string of the molecule is O=S1(=O)CCC(Oc2ccn3ncnc(Nc4ccc5c(cnn5Cc5cccc(F)c5)c4)c23)CC1. The number of benzene rings is 2. The molecule has 1 aliphatic heterocycles. The molecular weight excluding hydrogens is 483 g/mol. The van der Waals surface area contributed by atoms with Gasteiger partial charge in [-0.1, -0.05) is 12.1 Å². The van der Waals surface area contributed by atoms with E-state index in [2.05, 4.69) is 20.5 Å². The largest absolute Gasteiger partial charge is 0.488 e. The van der Waals surface area contributed by atoms with E-state index in [0.29, 0.717) is 36.5 Å². The Morgan fingerprint density at radius 1 is 1.08 bits per heavy atom. The third-order valence-corrected chi connectivity index (χ3v) is 8.05. The van der Waals surface area contributed by atoms with Crippen LogP contribution < -0.4 is 10.1 Å². The zero-order valence-corrected chi connectivity index (χ0v) is 20.0. The van der Waals surface area contributed by atoms with Crippen LogP contribution in [-0.2, 0) is 16.4 Å². The third-order valence-electron chi connectivity index (χ3n) is 6.34. The topological polar surface area (TPSA) is 103 Å². The first-order valence-electron chi connectivity index (χ1n) is 11.6. The van der Waals surface area contributed by atoms with Crippen LogP contribution in [0.4, 0.5) is 15.9 Å². The van der Waals surface area contributed by atoms with Crippen molar-refractivity contribution < 1.29 is 17.5 Å².